The number of benzene rings is 2. The largest absolute Gasteiger partial charge is 0.494 e. The number of rotatable bonds is 5. The monoisotopic (exact) mass is 440 g/mol. The Labute approximate surface area is 186 Å². The lowest BCUT2D eigenvalue weighted by molar-refractivity contribution is -0.117. The van der Waals surface area contributed by atoms with Crippen molar-refractivity contribution in [3.63, 3.8) is 0 Å². The zero-order valence-corrected chi connectivity index (χ0v) is 19.8. The third kappa shape index (κ3) is 4.08. The van der Waals surface area contributed by atoms with Crippen molar-refractivity contribution in [1.29, 1.82) is 0 Å². The summed E-state index contributed by atoms with van der Waals surface area (Å²) in [5.74, 6) is 1.81. The summed E-state index contributed by atoms with van der Waals surface area (Å²) < 4.78 is 7.59. The van der Waals surface area contributed by atoms with Crippen LogP contribution in [-0.2, 0) is 4.79 Å². The van der Waals surface area contributed by atoms with Crippen molar-refractivity contribution in [3.8, 4) is 5.75 Å². The molecule has 0 N–H and O–H groups in total. The van der Waals surface area contributed by atoms with Crippen molar-refractivity contribution < 1.29 is 9.53 Å². The fraction of sp³-hybridized carbons (Fsp3) is 0.417. The van der Waals surface area contributed by atoms with Gasteiger partial charge in [-0.25, -0.2) is 4.98 Å². The van der Waals surface area contributed by atoms with E-state index in [0.29, 0.717) is 18.3 Å². The first-order valence-corrected chi connectivity index (χ1v) is 12.2. The molecule has 4 nitrogen and oxygen atoms in total. The van der Waals surface area contributed by atoms with Crippen LogP contribution in [0.25, 0.3) is 10.2 Å². The Morgan fingerprint density at radius 3 is 2.87 bits per heavy atom. The number of thiazole rings is 1. The minimum absolute atomic E-state index is 0.135. The van der Waals surface area contributed by atoms with E-state index in [1.54, 1.807) is 11.3 Å². The van der Waals surface area contributed by atoms with E-state index >= 15 is 0 Å². The van der Waals surface area contributed by atoms with E-state index in [-0.39, 0.29) is 11.4 Å². The summed E-state index contributed by atoms with van der Waals surface area (Å²) in [7, 11) is 0. The third-order valence-electron chi connectivity index (χ3n) is 5.59. The number of nitrogens with zero attached hydrogens (tertiary/aromatic N) is 2. The predicted molar refractivity (Wildman–Crippen MR) is 127 cm³/mol. The molecule has 1 aliphatic heterocycles. The number of aryl methyl sites for hydroxylation is 1. The minimum atomic E-state index is -0.209. The lowest BCUT2D eigenvalue weighted by Gasteiger charge is -2.46. The normalized spacial score (nSPS) is 17.8. The number of aromatic nitrogens is 1. The Hall–Kier alpha value is -2.05. The van der Waals surface area contributed by atoms with Crippen LogP contribution in [0, 0.1) is 6.92 Å². The number of carbonyl (C=O) groups excluding carboxylic acids is 1. The SMILES string of the molecule is CCOc1ccc2nc(SCC(=O)N3c4ccc(C)cc4[C@H](C)CC3(C)C)sc2c1. The number of thioether (sulfide) groups is 1. The van der Waals surface area contributed by atoms with Gasteiger partial charge in [-0.05, 0) is 69.9 Å². The van der Waals surface area contributed by atoms with Gasteiger partial charge < -0.3 is 9.64 Å². The summed E-state index contributed by atoms with van der Waals surface area (Å²) >= 11 is 3.14. The average Bonchev–Trinajstić information content (AvgIpc) is 3.09. The molecular weight excluding hydrogens is 412 g/mol. The second kappa shape index (κ2) is 8.23. The maximum Gasteiger partial charge on any atom is 0.237 e. The van der Waals surface area contributed by atoms with Gasteiger partial charge in [-0.1, -0.05) is 36.4 Å². The number of fused-ring (bicyclic) bond motifs is 2. The topological polar surface area (TPSA) is 42.4 Å². The van der Waals surface area contributed by atoms with Gasteiger partial charge in [0.15, 0.2) is 4.34 Å². The molecule has 1 atom stereocenters. The highest BCUT2D eigenvalue weighted by Crippen LogP contribution is 2.44. The summed E-state index contributed by atoms with van der Waals surface area (Å²) in [6, 6.07) is 12.4. The van der Waals surface area contributed by atoms with E-state index in [1.807, 2.05) is 30.0 Å². The van der Waals surface area contributed by atoms with Gasteiger partial charge in [-0.2, -0.15) is 0 Å². The molecule has 1 aromatic heterocycles. The fourth-order valence-corrected chi connectivity index (χ4v) is 6.36. The van der Waals surface area contributed by atoms with Gasteiger partial charge >= 0.3 is 0 Å². The van der Waals surface area contributed by atoms with E-state index in [1.165, 1.54) is 22.9 Å². The van der Waals surface area contributed by atoms with Crippen molar-refractivity contribution in [2.45, 2.75) is 56.8 Å². The zero-order valence-electron chi connectivity index (χ0n) is 18.2. The number of ether oxygens (including phenoxy) is 1. The first-order chi connectivity index (χ1) is 14.3. The molecule has 4 rings (SSSR count). The highest BCUT2D eigenvalue weighted by Gasteiger charge is 2.39. The maximum atomic E-state index is 13.4. The Kier molecular flexibility index (Phi) is 5.82. The molecule has 1 aliphatic rings. The lowest BCUT2D eigenvalue weighted by atomic mass is 9.79. The standard InChI is InChI=1S/C24H28N2O2S2/c1-6-28-17-8-9-19-21(12-17)30-23(25-19)29-14-22(27)26-20-10-7-15(2)11-18(20)16(3)13-24(26,4)5/h7-12,16H,6,13-14H2,1-5H3/t16-/m1/s1. The van der Waals surface area contributed by atoms with Gasteiger partial charge in [-0.3, -0.25) is 4.79 Å². The highest BCUT2D eigenvalue weighted by molar-refractivity contribution is 8.01. The second-order valence-electron chi connectivity index (χ2n) is 8.54. The first kappa shape index (κ1) is 21.2. The van der Waals surface area contributed by atoms with Crippen molar-refractivity contribution in [2.75, 3.05) is 17.3 Å². The number of amides is 1. The van der Waals surface area contributed by atoms with Gasteiger partial charge in [0.2, 0.25) is 5.91 Å². The van der Waals surface area contributed by atoms with Gasteiger partial charge in [-0.15, -0.1) is 11.3 Å². The van der Waals surface area contributed by atoms with Gasteiger partial charge in [0.05, 0.1) is 22.6 Å². The Bertz CT molecular complexity index is 1090. The quantitative estimate of drug-likeness (QED) is 0.430. The highest BCUT2D eigenvalue weighted by atomic mass is 32.2. The van der Waals surface area contributed by atoms with E-state index in [0.717, 1.165) is 32.4 Å². The van der Waals surface area contributed by atoms with Crippen LogP contribution in [0.1, 0.15) is 51.2 Å². The van der Waals surface area contributed by atoms with Crippen LogP contribution in [0.15, 0.2) is 40.7 Å². The minimum Gasteiger partial charge on any atom is -0.494 e. The maximum absolute atomic E-state index is 13.4. The molecule has 158 valence electrons. The van der Waals surface area contributed by atoms with Crippen LogP contribution in [0.4, 0.5) is 5.69 Å². The summed E-state index contributed by atoms with van der Waals surface area (Å²) in [6.45, 7) is 11.3. The van der Waals surface area contributed by atoms with Crippen LogP contribution in [-0.4, -0.2) is 28.8 Å². The molecule has 0 unspecified atom stereocenters. The summed E-state index contributed by atoms with van der Waals surface area (Å²) in [5, 5.41) is 0. The Balaban J connectivity index is 1.55. The molecule has 0 bridgehead atoms. The Morgan fingerprint density at radius 1 is 1.30 bits per heavy atom. The van der Waals surface area contributed by atoms with Gasteiger partial charge in [0.1, 0.15) is 5.75 Å². The second-order valence-corrected chi connectivity index (χ2v) is 10.8. The van der Waals surface area contributed by atoms with Crippen LogP contribution in [0.3, 0.4) is 0 Å². The average molecular weight is 441 g/mol. The number of anilines is 1. The van der Waals surface area contributed by atoms with Crippen LogP contribution in [0.5, 0.6) is 5.75 Å². The molecule has 0 saturated heterocycles. The summed E-state index contributed by atoms with van der Waals surface area (Å²) in [4.78, 5) is 20.1. The summed E-state index contributed by atoms with van der Waals surface area (Å²) in [5.41, 5.74) is 4.31. The van der Waals surface area contributed by atoms with Crippen LogP contribution >= 0.6 is 23.1 Å². The van der Waals surface area contributed by atoms with Gasteiger partial charge in [0, 0.05) is 11.2 Å². The fourth-order valence-electron chi connectivity index (χ4n) is 4.41. The molecule has 2 aromatic carbocycles. The Morgan fingerprint density at radius 2 is 2.10 bits per heavy atom. The van der Waals surface area contributed by atoms with Crippen LogP contribution < -0.4 is 9.64 Å². The van der Waals surface area contributed by atoms with Crippen molar-refractivity contribution in [1.82, 2.24) is 4.98 Å². The number of hydrogen-bond donors (Lipinski definition) is 0. The lowest BCUT2D eigenvalue weighted by Crippen LogP contribution is -2.52. The molecule has 2 heterocycles. The van der Waals surface area contributed by atoms with E-state index in [4.69, 9.17) is 9.72 Å². The third-order valence-corrected chi connectivity index (χ3v) is 7.73. The van der Waals surface area contributed by atoms with E-state index in [9.17, 15) is 4.79 Å². The van der Waals surface area contributed by atoms with Crippen LogP contribution in [0.2, 0.25) is 0 Å². The number of hydrogen-bond acceptors (Lipinski definition) is 5. The zero-order chi connectivity index (χ0) is 21.5. The van der Waals surface area contributed by atoms with E-state index in [2.05, 4.69) is 45.9 Å². The molecule has 3 aromatic rings. The van der Waals surface area contributed by atoms with Crippen molar-refractivity contribution in [2.24, 2.45) is 0 Å². The molecule has 0 saturated carbocycles. The molecule has 0 radical (unpaired) electrons. The summed E-state index contributed by atoms with van der Waals surface area (Å²) in [6.07, 6.45) is 0.960. The van der Waals surface area contributed by atoms with Crippen molar-refractivity contribution in [3.05, 3.63) is 47.5 Å². The first-order valence-electron chi connectivity index (χ1n) is 10.4. The molecule has 1 amide bonds. The molecule has 0 spiro atoms. The van der Waals surface area contributed by atoms with E-state index < -0.39 is 0 Å². The predicted octanol–water partition coefficient (Wildman–Crippen LogP) is 6.41. The molecule has 30 heavy (non-hydrogen) atoms. The molecule has 6 heteroatoms. The smallest absolute Gasteiger partial charge is 0.237 e. The van der Waals surface area contributed by atoms with Crippen molar-refractivity contribution >= 4 is 44.9 Å². The van der Waals surface area contributed by atoms with Gasteiger partial charge in [0.25, 0.3) is 0 Å². The molecular formula is C24H28N2O2S2. The molecule has 0 aliphatic carbocycles. The molecule has 0 fully saturated rings. The number of carbonyl (C=O) groups is 1.